The molecule has 4 nitrogen and oxygen atoms in total. The van der Waals surface area contributed by atoms with Gasteiger partial charge >= 0.3 is 0 Å². The first kappa shape index (κ1) is 12.2. The molecule has 2 aromatic rings. The maximum absolute atomic E-state index is 13.4. The van der Waals surface area contributed by atoms with E-state index in [-0.39, 0.29) is 5.82 Å². The molecule has 1 aromatic carbocycles. The fourth-order valence-electron chi connectivity index (χ4n) is 1.48. The van der Waals surface area contributed by atoms with Gasteiger partial charge in [0.2, 0.25) is 0 Å². The molecule has 0 unspecified atom stereocenters. The van der Waals surface area contributed by atoms with Crippen molar-refractivity contribution in [2.75, 3.05) is 0 Å². The topological polar surface area (TPSA) is 42.7 Å². The first-order chi connectivity index (χ1) is 8.15. The molecular formula is C11H12BrFN4. The van der Waals surface area contributed by atoms with Crippen molar-refractivity contribution >= 4 is 15.9 Å². The number of rotatable bonds is 4. The Morgan fingerprint density at radius 3 is 2.94 bits per heavy atom. The minimum atomic E-state index is -0.208. The summed E-state index contributed by atoms with van der Waals surface area (Å²) < 4.78 is 15.9. The summed E-state index contributed by atoms with van der Waals surface area (Å²) in [5.41, 5.74) is 1.46. The van der Waals surface area contributed by atoms with Gasteiger partial charge in [-0.2, -0.15) is 0 Å². The van der Waals surface area contributed by atoms with E-state index in [2.05, 4.69) is 31.6 Å². The lowest BCUT2D eigenvalue weighted by molar-refractivity contribution is 0.585. The lowest BCUT2D eigenvalue weighted by Gasteiger charge is -2.04. The predicted octanol–water partition coefficient (Wildman–Crippen LogP) is 2.01. The molecule has 1 aromatic heterocycles. The standard InChI is InChI=1S/C11H12BrFN4/c1-17-7-10(15-16-17)6-14-5-8-4-9(12)2-3-11(8)13/h2-4,7,14H,5-6H2,1H3. The summed E-state index contributed by atoms with van der Waals surface area (Å²) in [5.74, 6) is -0.208. The average molecular weight is 299 g/mol. The molecule has 17 heavy (non-hydrogen) atoms. The molecule has 0 saturated heterocycles. The van der Waals surface area contributed by atoms with Crippen LogP contribution in [-0.2, 0) is 20.1 Å². The maximum atomic E-state index is 13.4. The van der Waals surface area contributed by atoms with Crippen molar-refractivity contribution in [3.63, 3.8) is 0 Å². The van der Waals surface area contributed by atoms with Crippen molar-refractivity contribution in [2.45, 2.75) is 13.1 Å². The first-order valence-electron chi connectivity index (χ1n) is 5.15. The van der Waals surface area contributed by atoms with E-state index in [9.17, 15) is 4.39 Å². The molecular weight excluding hydrogens is 287 g/mol. The van der Waals surface area contributed by atoms with Crippen LogP contribution in [0.5, 0.6) is 0 Å². The zero-order chi connectivity index (χ0) is 12.3. The largest absolute Gasteiger partial charge is 0.307 e. The highest BCUT2D eigenvalue weighted by molar-refractivity contribution is 9.10. The first-order valence-corrected chi connectivity index (χ1v) is 5.94. The van der Waals surface area contributed by atoms with Crippen LogP contribution in [0.25, 0.3) is 0 Å². The third kappa shape index (κ3) is 3.34. The summed E-state index contributed by atoms with van der Waals surface area (Å²) in [6.07, 6.45) is 1.82. The predicted molar refractivity (Wildman–Crippen MR) is 65.6 cm³/mol. The van der Waals surface area contributed by atoms with Gasteiger partial charge < -0.3 is 5.32 Å². The molecule has 0 spiro atoms. The summed E-state index contributed by atoms with van der Waals surface area (Å²) in [7, 11) is 1.81. The van der Waals surface area contributed by atoms with E-state index < -0.39 is 0 Å². The van der Waals surface area contributed by atoms with Gasteiger partial charge in [0.15, 0.2) is 0 Å². The van der Waals surface area contributed by atoms with Gasteiger partial charge in [-0.1, -0.05) is 21.1 Å². The van der Waals surface area contributed by atoms with Crippen LogP contribution in [0.2, 0.25) is 0 Å². The summed E-state index contributed by atoms with van der Waals surface area (Å²) >= 11 is 3.32. The molecule has 2 rings (SSSR count). The van der Waals surface area contributed by atoms with Crippen molar-refractivity contribution in [1.82, 2.24) is 20.3 Å². The number of aromatic nitrogens is 3. The van der Waals surface area contributed by atoms with E-state index in [0.717, 1.165) is 10.2 Å². The van der Waals surface area contributed by atoms with E-state index in [1.165, 1.54) is 6.07 Å². The molecule has 6 heteroatoms. The van der Waals surface area contributed by atoms with Crippen molar-refractivity contribution in [3.8, 4) is 0 Å². The van der Waals surface area contributed by atoms with Gasteiger partial charge in [-0.3, -0.25) is 4.68 Å². The number of halogens is 2. The smallest absolute Gasteiger partial charge is 0.127 e. The number of hydrogen-bond donors (Lipinski definition) is 1. The number of aryl methyl sites for hydroxylation is 1. The van der Waals surface area contributed by atoms with Crippen molar-refractivity contribution in [1.29, 1.82) is 0 Å². The lowest BCUT2D eigenvalue weighted by atomic mass is 10.2. The van der Waals surface area contributed by atoms with Crippen LogP contribution in [0, 0.1) is 5.82 Å². The monoisotopic (exact) mass is 298 g/mol. The van der Waals surface area contributed by atoms with Crippen molar-refractivity contribution < 1.29 is 4.39 Å². The Balaban J connectivity index is 1.91. The zero-order valence-electron chi connectivity index (χ0n) is 9.32. The van der Waals surface area contributed by atoms with Crippen LogP contribution in [-0.4, -0.2) is 15.0 Å². The number of nitrogens with zero attached hydrogens (tertiary/aromatic N) is 3. The summed E-state index contributed by atoms with van der Waals surface area (Å²) in [6, 6.07) is 4.89. The van der Waals surface area contributed by atoms with Gasteiger partial charge in [-0.05, 0) is 18.2 Å². The quantitative estimate of drug-likeness (QED) is 0.939. The molecule has 0 aliphatic carbocycles. The average Bonchev–Trinajstić information content (AvgIpc) is 2.69. The van der Waals surface area contributed by atoms with E-state index >= 15 is 0 Å². The third-order valence-electron chi connectivity index (χ3n) is 2.28. The SMILES string of the molecule is Cn1cc(CNCc2cc(Br)ccc2F)nn1. The highest BCUT2D eigenvalue weighted by atomic mass is 79.9. The third-order valence-corrected chi connectivity index (χ3v) is 2.77. The van der Waals surface area contributed by atoms with E-state index in [0.29, 0.717) is 18.7 Å². The van der Waals surface area contributed by atoms with Crippen LogP contribution >= 0.6 is 15.9 Å². The fraction of sp³-hybridized carbons (Fsp3) is 0.273. The second-order valence-electron chi connectivity index (χ2n) is 3.72. The highest BCUT2D eigenvalue weighted by Gasteiger charge is 2.03. The molecule has 0 fully saturated rings. The van der Waals surface area contributed by atoms with Gasteiger partial charge in [0, 0.05) is 36.4 Å². The molecule has 0 bridgehead atoms. The zero-order valence-corrected chi connectivity index (χ0v) is 10.9. The maximum Gasteiger partial charge on any atom is 0.127 e. The minimum Gasteiger partial charge on any atom is -0.307 e. The Kier molecular flexibility index (Phi) is 3.86. The molecule has 0 aliphatic rings. The van der Waals surface area contributed by atoms with Crippen LogP contribution < -0.4 is 5.32 Å². The van der Waals surface area contributed by atoms with Crippen molar-refractivity contribution in [3.05, 3.63) is 45.9 Å². The van der Waals surface area contributed by atoms with Crippen molar-refractivity contribution in [2.24, 2.45) is 7.05 Å². The molecule has 0 aliphatic heterocycles. The second kappa shape index (κ2) is 5.37. The molecule has 1 heterocycles. The Hall–Kier alpha value is -1.27. The van der Waals surface area contributed by atoms with E-state index in [4.69, 9.17) is 0 Å². The van der Waals surface area contributed by atoms with E-state index in [1.54, 1.807) is 16.8 Å². The Labute approximate surface area is 107 Å². The Morgan fingerprint density at radius 1 is 1.41 bits per heavy atom. The van der Waals surface area contributed by atoms with Gasteiger partial charge in [-0.15, -0.1) is 5.10 Å². The Morgan fingerprint density at radius 2 is 2.24 bits per heavy atom. The summed E-state index contributed by atoms with van der Waals surface area (Å²) in [5, 5.41) is 10.9. The summed E-state index contributed by atoms with van der Waals surface area (Å²) in [4.78, 5) is 0. The number of benzene rings is 1. The van der Waals surface area contributed by atoms with Gasteiger partial charge in [-0.25, -0.2) is 4.39 Å². The molecule has 90 valence electrons. The van der Waals surface area contributed by atoms with Gasteiger partial charge in [0.25, 0.3) is 0 Å². The second-order valence-corrected chi connectivity index (χ2v) is 4.64. The molecule has 0 radical (unpaired) electrons. The Bertz CT molecular complexity index is 512. The molecule has 0 saturated carbocycles. The lowest BCUT2D eigenvalue weighted by Crippen LogP contribution is -2.14. The van der Waals surface area contributed by atoms with Gasteiger partial charge in [0.1, 0.15) is 5.82 Å². The molecule has 1 N–H and O–H groups in total. The van der Waals surface area contributed by atoms with E-state index in [1.807, 2.05) is 13.2 Å². The van der Waals surface area contributed by atoms with Crippen LogP contribution in [0.1, 0.15) is 11.3 Å². The highest BCUT2D eigenvalue weighted by Crippen LogP contribution is 2.15. The molecule has 0 amide bonds. The molecule has 0 atom stereocenters. The van der Waals surface area contributed by atoms with Crippen LogP contribution in [0.4, 0.5) is 4.39 Å². The minimum absolute atomic E-state index is 0.208. The fourth-order valence-corrected chi connectivity index (χ4v) is 1.89. The van der Waals surface area contributed by atoms with Crippen LogP contribution in [0.15, 0.2) is 28.9 Å². The summed E-state index contributed by atoms with van der Waals surface area (Å²) in [6.45, 7) is 1.03. The van der Waals surface area contributed by atoms with Gasteiger partial charge in [0.05, 0.1) is 5.69 Å². The number of nitrogens with one attached hydrogen (secondary N) is 1. The number of hydrogen-bond acceptors (Lipinski definition) is 3. The normalized spacial score (nSPS) is 10.8. The van der Waals surface area contributed by atoms with Crippen LogP contribution in [0.3, 0.4) is 0 Å².